The standard InChI is InChI=1S/C27H17ClN2O5S/c28-19-7-4-8-20(14-19)29-26(31)25(36-27(29)32)15-23-22-10-2-1-6-18(22)11-12-24(23)35-16-17-5-3-9-21(13-17)30(33)34/h1-15H,16H2/b25-15+. The minimum absolute atomic E-state index is 0.0236. The van der Waals surface area contributed by atoms with Gasteiger partial charge in [-0.2, -0.15) is 0 Å². The second kappa shape index (κ2) is 9.85. The van der Waals surface area contributed by atoms with Crippen molar-refractivity contribution in [3.05, 3.63) is 116 Å². The molecule has 0 spiro atoms. The number of nitro benzene ring substituents is 1. The minimum atomic E-state index is -0.457. The second-order valence-electron chi connectivity index (χ2n) is 7.91. The highest BCUT2D eigenvalue weighted by Gasteiger charge is 2.36. The maximum atomic E-state index is 13.2. The van der Waals surface area contributed by atoms with Crippen molar-refractivity contribution in [3.63, 3.8) is 0 Å². The molecule has 0 radical (unpaired) electrons. The highest BCUT2D eigenvalue weighted by Crippen LogP contribution is 2.39. The highest BCUT2D eigenvalue weighted by atomic mass is 35.5. The van der Waals surface area contributed by atoms with Gasteiger partial charge in [0.05, 0.1) is 15.5 Å². The van der Waals surface area contributed by atoms with E-state index in [1.165, 1.54) is 12.1 Å². The Morgan fingerprint density at radius 1 is 0.972 bits per heavy atom. The normalized spacial score (nSPS) is 14.6. The molecule has 1 aliphatic heterocycles. The van der Waals surface area contributed by atoms with Gasteiger partial charge in [-0.25, -0.2) is 4.90 Å². The molecule has 36 heavy (non-hydrogen) atoms. The monoisotopic (exact) mass is 516 g/mol. The minimum Gasteiger partial charge on any atom is -0.488 e. The lowest BCUT2D eigenvalue weighted by Crippen LogP contribution is -2.27. The molecule has 0 unspecified atom stereocenters. The molecule has 7 nitrogen and oxygen atoms in total. The zero-order valence-electron chi connectivity index (χ0n) is 18.6. The molecule has 4 aromatic carbocycles. The van der Waals surface area contributed by atoms with E-state index in [1.807, 2.05) is 30.3 Å². The molecule has 1 fully saturated rings. The summed E-state index contributed by atoms with van der Waals surface area (Å²) in [6.45, 7) is 0.0881. The van der Waals surface area contributed by atoms with Crippen LogP contribution in [0.15, 0.2) is 89.8 Å². The molecule has 178 valence electrons. The van der Waals surface area contributed by atoms with Gasteiger partial charge in [-0.1, -0.05) is 60.1 Å². The zero-order chi connectivity index (χ0) is 25.2. The molecule has 9 heteroatoms. The van der Waals surface area contributed by atoms with Crippen LogP contribution in [-0.4, -0.2) is 16.1 Å². The third kappa shape index (κ3) is 4.68. The van der Waals surface area contributed by atoms with E-state index in [1.54, 1.807) is 48.5 Å². The molecule has 0 aromatic heterocycles. The Labute approximate surface area is 215 Å². The number of ether oxygens (including phenoxy) is 1. The SMILES string of the molecule is O=C1S/C(=C/c2c(OCc3cccc([N+](=O)[O-])c3)ccc3ccccc23)C(=O)N1c1cccc(Cl)c1. The van der Waals surface area contributed by atoms with Crippen LogP contribution < -0.4 is 9.64 Å². The van der Waals surface area contributed by atoms with E-state index >= 15 is 0 Å². The van der Waals surface area contributed by atoms with Gasteiger partial charge < -0.3 is 4.74 Å². The Hall–Kier alpha value is -4.14. The third-order valence-corrected chi connectivity index (χ3v) is 6.69. The van der Waals surface area contributed by atoms with Gasteiger partial charge in [0.25, 0.3) is 16.8 Å². The summed E-state index contributed by atoms with van der Waals surface area (Å²) in [7, 11) is 0. The van der Waals surface area contributed by atoms with Crippen molar-refractivity contribution in [1.29, 1.82) is 0 Å². The Morgan fingerprint density at radius 3 is 2.58 bits per heavy atom. The summed E-state index contributed by atoms with van der Waals surface area (Å²) in [6, 6.07) is 24.1. The second-order valence-corrected chi connectivity index (χ2v) is 9.34. The number of non-ortho nitro benzene ring substituents is 1. The molecule has 0 aliphatic carbocycles. The van der Waals surface area contributed by atoms with E-state index in [0.29, 0.717) is 27.6 Å². The van der Waals surface area contributed by atoms with Gasteiger partial charge in [0.1, 0.15) is 12.4 Å². The van der Waals surface area contributed by atoms with Crippen molar-refractivity contribution in [1.82, 2.24) is 0 Å². The molecule has 1 heterocycles. The number of rotatable bonds is 6. The molecule has 0 atom stereocenters. The first-order chi connectivity index (χ1) is 17.4. The average molecular weight is 517 g/mol. The van der Waals surface area contributed by atoms with Crippen LogP contribution in [0, 0.1) is 10.1 Å². The van der Waals surface area contributed by atoms with Crippen LogP contribution in [-0.2, 0) is 11.4 Å². The Balaban J connectivity index is 1.52. The van der Waals surface area contributed by atoms with Crippen molar-refractivity contribution in [2.75, 3.05) is 4.90 Å². The van der Waals surface area contributed by atoms with Crippen molar-refractivity contribution >= 4 is 62.7 Å². The van der Waals surface area contributed by atoms with E-state index in [2.05, 4.69) is 0 Å². The summed E-state index contributed by atoms with van der Waals surface area (Å²) in [4.78, 5) is 38.0. The quantitative estimate of drug-likeness (QED) is 0.153. The molecule has 5 rings (SSSR count). The number of thioether (sulfide) groups is 1. The maximum Gasteiger partial charge on any atom is 0.298 e. The van der Waals surface area contributed by atoms with Gasteiger partial charge in [-0.05, 0) is 58.4 Å². The average Bonchev–Trinajstić information content (AvgIpc) is 3.16. The predicted octanol–water partition coefficient (Wildman–Crippen LogP) is 7.22. The summed E-state index contributed by atoms with van der Waals surface area (Å²) < 4.78 is 6.06. The Morgan fingerprint density at radius 2 is 1.78 bits per heavy atom. The van der Waals surface area contributed by atoms with E-state index in [9.17, 15) is 19.7 Å². The zero-order valence-corrected chi connectivity index (χ0v) is 20.2. The maximum absolute atomic E-state index is 13.2. The van der Waals surface area contributed by atoms with Crippen molar-refractivity contribution in [3.8, 4) is 5.75 Å². The number of anilines is 1. The van der Waals surface area contributed by atoms with Gasteiger partial charge in [0, 0.05) is 22.7 Å². The molecule has 1 saturated heterocycles. The van der Waals surface area contributed by atoms with Crippen molar-refractivity contribution < 1.29 is 19.2 Å². The lowest BCUT2D eigenvalue weighted by Gasteiger charge is -2.13. The van der Waals surface area contributed by atoms with Crippen LogP contribution >= 0.6 is 23.4 Å². The number of carbonyl (C=O) groups is 2. The van der Waals surface area contributed by atoms with Gasteiger partial charge in [-0.15, -0.1) is 0 Å². The number of hydrogen-bond acceptors (Lipinski definition) is 6. The van der Waals surface area contributed by atoms with E-state index < -0.39 is 16.1 Å². The van der Waals surface area contributed by atoms with Crippen molar-refractivity contribution in [2.24, 2.45) is 0 Å². The number of nitro groups is 1. The Bertz CT molecular complexity index is 1570. The summed E-state index contributed by atoms with van der Waals surface area (Å²) in [6.07, 6.45) is 1.65. The fraction of sp³-hybridized carbons (Fsp3) is 0.0370. The number of hydrogen-bond donors (Lipinski definition) is 0. The number of fused-ring (bicyclic) bond motifs is 1. The predicted molar refractivity (Wildman–Crippen MR) is 141 cm³/mol. The van der Waals surface area contributed by atoms with Crippen LogP contribution in [0.1, 0.15) is 11.1 Å². The highest BCUT2D eigenvalue weighted by molar-refractivity contribution is 8.19. The lowest BCUT2D eigenvalue weighted by atomic mass is 10.0. The van der Waals surface area contributed by atoms with Crippen molar-refractivity contribution in [2.45, 2.75) is 6.61 Å². The number of imide groups is 1. The van der Waals surface area contributed by atoms with Crippen LogP contribution in [0.2, 0.25) is 5.02 Å². The van der Waals surface area contributed by atoms with Gasteiger partial charge in [0.2, 0.25) is 0 Å². The molecule has 0 N–H and O–H groups in total. The molecular weight excluding hydrogens is 500 g/mol. The number of carbonyl (C=O) groups excluding carboxylic acids is 2. The first kappa shape index (κ1) is 23.6. The van der Waals surface area contributed by atoms with Gasteiger partial charge in [0.15, 0.2) is 0 Å². The fourth-order valence-corrected chi connectivity index (χ4v) is 4.92. The molecular formula is C27H17ClN2O5S. The first-order valence-corrected chi connectivity index (χ1v) is 12.0. The first-order valence-electron chi connectivity index (χ1n) is 10.8. The van der Waals surface area contributed by atoms with Crippen LogP contribution in [0.5, 0.6) is 5.75 Å². The molecule has 2 amide bonds. The third-order valence-electron chi connectivity index (χ3n) is 5.58. The van der Waals surface area contributed by atoms with Crippen LogP contribution in [0.3, 0.4) is 0 Å². The number of halogens is 1. The number of amides is 2. The van der Waals surface area contributed by atoms with Crippen LogP contribution in [0.4, 0.5) is 16.2 Å². The molecule has 0 saturated carbocycles. The van der Waals surface area contributed by atoms with E-state index in [0.717, 1.165) is 27.4 Å². The molecule has 4 aromatic rings. The lowest BCUT2D eigenvalue weighted by molar-refractivity contribution is -0.384. The van der Waals surface area contributed by atoms with E-state index in [-0.39, 0.29) is 17.2 Å². The largest absolute Gasteiger partial charge is 0.488 e. The summed E-state index contributed by atoms with van der Waals surface area (Å²) >= 11 is 6.90. The summed E-state index contributed by atoms with van der Waals surface area (Å²) in [5.41, 5.74) is 1.64. The fourth-order valence-electron chi connectivity index (χ4n) is 3.91. The van der Waals surface area contributed by atoms with Gasteiger partial charge in [-0.3, -0.25) is 19.7 Å². The summed E-state index contributed by atoms with van der Waals surface area (Å²) in [5, 5.41) is 12.9. The Kier molecular flexibility index (Phi) is 6.45. The summed E-state index contributed by atoms with van der Waals surface area (Å²) in [5.74, 6) is 0.0274. The smallest absolute Gasteiger partial charge is 0.298 e. The molecule has 0 bridgehead atoms. The van der Waals surface area contributed by atoms with E-state index in [4.69, 9.17) is 16.3 Å². The van der Waals surface area contributed by atoms with Gasteiger partial charge >= 0.3 is 0 Å². The molecule has 1 aliphatic rings. The topological polar surface area (TPSA) is 89.7 Å². The number of benzene rings is 4. The number of nitrogens with zero attached hydrogens (tertiary/aromatic N) is 2. The van der Waals surface area contributed by atoms with Crippen LogP contribution in [0.25, 0.3) is 16.8 Å².